The summed E-state index contributed by atoms with van der Waals surface area (Å²) >= 11 is 0. The first-order chi connectivity index (χ1) is 9.63. The monoisotopic (exact) mass is 273 g/mol. The molecule has 1 aromatic carbocycles. The van der Waals surface area contributed by atoms with Crippen LogP contribution in [0.5, 0.6) is 0 Å². The van der Waals surface area contributed by atoms with Crippen molar-refractivity contribution in [1.82, 2.24) is 0 Å². The summed E-state index contributed by atoms with van der Waals surface area (Å²) in [5.41, 5.74) is 8.70. The van der Waals surface area contributed by atoms with E-state index in [2.05, 4.69) is 16.3 Å². The molecule has 3 unspecified atom stereocenters. The predicted octanol–water partition coefficient (Wildman–Crippen LogP) is 1.13. The van der Waals surface area contributed by atoms with Gasteiger partial charge < -0.3 is 21.1 Å². The highest BCUT2D eigenvalue weighted by Gasteiger charge is 2.40. The van der Waals surface area contributed by atoms with Crippen molar-refractivity contribution >= 4 is 17.3 Å². The Morgan fingerprint density at radius 1 is 1.25 bits per heavy atom. The lowest BCUT2D eigenvalue weighted by molar-refractivity contribution is -0.116. The molecular formula is C15H19N3O2. The number of carbonyl (C=O) groups is 1. The van der Waals surface area contributed by atoms with Gasteiger partial charge in [0.1, 0.15) is 6.04 Å². The number of rotatable bonds is 1. The van der Waals surface area contributed by atoms with Crippen molar-refractivity contribution in [1.29, 1.82) is 0 Å². The van der Waals surface area contributed by atoms with E-state index in [1.807, 2.05) is 12.1 Å². The number of fused-ring (bicyclic) bond motifs is 3. The number of amides is 1. The maximum Gasteiger partial charge on any atom is 0.245 e. The fourth-order valence-electron chi connectivity index (χ4n) is 4.01. The quantitative estimate of drug-likeness (QED) is 0.716. The van der Waals surface area contributed by atoms with E-state index in [0.717, 1.165) is 42.6 Å². The van der Waals surface area contributed by atoms with E-state index in [0.29, 0.717) is 12.1 Å². The zero-order valence-electron chi connectivity index (χ0n) is 11.2. The fraction of sp³-hybridized carbons (Fsp3) is 0.533. The van der Waals surface area contributed by atoms with Gasteiger partial charge in [-0.15, -0.1) is 0 Å². The summed E-state index contributed by atoms with van der Waals surface area (Å²) < 4.78 is 0. The Morgan fingerprint density at radius 3 is 2.65 bits per heavy atom. The zero-order chi connectivity index (χ0) is 13.9. The fourth-order valence-corrected chi connectivity index (χ4v) is 4.01. The van der Waals surface area contributed by atoms with E-state index < -0.39 is 6.04 Å². The minimum atomic E-state index is -0.543. The van der Waals surface area contributed by atoms with Gasteiger partial charge >= 0.3 is 0 Å². The van der Waals surface area contributed by atoms with Gasteiger partial charge in [-0.3, -0.25) is 4.79 Å². The van der Waals surface area contributed by atoms with E-state index in [1.165, 1.54) is 0 Å². The Labute approximate surface area is 117 Å². The number of nitrogens with one attached hydrogen (secondary N) is 1. The van der Waals surface area contributed by atoms with Crippen molar-refractivity contribution in [3.8, 4) is 0 Å². The molecule has 2 bridgehead atoms. The van der Waals surface area contributed by atoms with Crippen molar-refractivity contribution in [3.63, 3.8) is 0 Å². The Morgan fingerprint density at radius 2 is 1.95 bits per heavy atom. The molecule has 2 saturated heterocycles. The number of aliphatic hydroxyl groups is 1. The molecule has 1 aromatic rings. The van der Waals surface area contributed by atoms with Gasteiger partial charge in [0.25, 0.3) is 0 Å². The molecule has 20 heavy (non-hydrogen) atoms. The first-order valence-electron chi connectivity index (χ1n) is 7.30. The normalized spacial score (nSPS) is 35.1. The van der Waals surface area contributed by atoms with Crippen LogP contribution in [0.15, 0.2) is 18.2 Å². The second-order valence-corrected chi connectivity index (χ2v) is 6.16. The standard InChI is InChI=1S/C15H19N3O2/c16-14-12-4-3-10(7-13(12)17-15(14)20)18-8-1-2-9(18)6-11(19)5-8/h3-4,7-9,11,14,19H,1-2,5-6,16H2,(H,17,20). The van der Waals surface area contributed by atoms with Crippen molar-refractivity contribution in [2.45, 2.75) is 49.9 Å². The summed E-state index contributed by atoms with van der Waals surface area (Å²) in [6.45, 7) is 0. The number of anilines is 2. The molecule has 3 aliphatic rings. The second kappa shape index (κ2) is 4.20. The van der Waals surface area contributed by atoms with E-state index >= 15 is 0 Å². The van der Waals surface area contributed by atoms with Gasteiger partial charge in [0.15, 0.2) is 0 Å². The van der Waals surface area contributed by atoms with Crippen LogP contribution in [0.2, 0.25) is 0 Å². The van der Waals surface area contributed by atoms with Crippen molar-refractivity contribution in [3.05, 3.63) is 23.8 Å². The van der Waals surface area contributed by atoms with E-state index in [4.69, 9.17) is 5.73 Å². The molecule has 1 amide bonds. The molecule has 3 aliphatic heterocycles. The van der Waals surface area contributed by atoms with Gasteiger partial charge in [-0.1, -0.05) is 6.07 Å². The van der Waals surface area contributed by atoms with Crippen LogP contribution >= 0.6 is 0 Å². The lowest BCUT2D eigenvalue weighted by atomic mass is 9.98. The van der Waals surface area contributed by atoms with E-state index in [9.17, 15) is 9.90 Å². The minimum absolute atomic E-state index is 0.130. The molecule has 0 aliphatic carbocycles. The summed E-state index contributed by atoms with van der Waals surface area (Å²) in [4.78, 5) is 14.0. The SMILES string of the molecule is NC1C(=O)Nc2cc(N3C4CCC3CC(O)C4)ccc21. The molecule has 5 nitrogen and oxygen atoms in total. The minimum Gasteiger partial charge on any atom is -0.393 e. The Balaban J connectivity index is 1.68. The third-order valence-electron chi connectivity index (χ3n) is 4.92. The molecule has 3 heterocycles. The molecule has 0 aromatic heterocycles. The number of nitrogens with two attached hydrogens (primary N) is 1. The highest BCUT2D eigenvalue weighted by atomic mass is 16.3. The lowest BCUT2D eigenvalue weighted by Crippen LogP contribution is -2.44. The number of benzene rings is 1. The van der Waals surface area contributed by atoms with Crippen LogP contribution in [0.25, 0.3) is 0 Å². The maximum atomic E-state index is 11.6. The van der Waals surface area contributed by atoms with Crippen molar-refractivity contribution < 1.29 is 9.90 Å². The predicted molar refractivity (Wildman–Crippen MR) is 76.5 cm³/mol. The van der Waals surface area contributed by atoms with Crippen LogP contribution in [0.3, 0.4) is 0 Å². The molecule has 3 atom stereocenters. The van der Waals surface area contributed by atoms with E-state index in [-0.39, 0.29) is 12.0 Å². The summed E-state index contributed by atoms with van der Waals surface area (Å²) in [6.07, 6.45) is 3.82. The van der Waals surface area contributed by atoms with Crippen LogP contribution in [-0.4, -0.2) is 29.2 Å². The Bertz CT molecular complexity index is 560. The highest BCUT2D eigenvalue weighted by molar-refractivity contribution is 6.03. The highest BCUT2D eigenvalue weighted by Crippen LogP contribution is 2.41. The van der Waals surface area contributed by atoms with Gasteiger partial charge in [0, 0.05) is 29.0 Å². The zero-order valence-corrected chi connectivity index (χ0v) is 11.2. The number of hydrogen-bond donors (Lipinski definition) is 3. The van der Waals surface area contributed by atoms with Crippen LogP contribution in [0, 0.1) is 0 Å². The topological polar surface area (TPSA) is 78.6 Å². The lowest BCUT2D eigenvalue weighted by Gasteiger charge is -2.39. The number of carbonyl (C=O) groups excluding carboxylic acids is 1. The number of nitrogens with zero attached hydrogens (tertiary/aromatic N) is 1. The van der Waals surface area contributed by atoms with Crippen molar-refractivity contribution in [2.75, 3.05) is 10.2 Å². The van der Waals surface area contributed by atoms with Gasteiger partial charge in [-0.25, -0.2) is 0 Å². The summed E-state index contributed by atoms with van der Waals surface area (Å²) in [6, 6.07) is 6.35. The number of aliphatic hydroxyl groups excluding tert-OH is 1. The van der Waals surface area contributed by atoms with Crippen LogP contribution in [0.1, 0.15) is 37.3 Å². The Kier molecular flexibility index (Phi) is 2.56. The molecule has 2 fully saturated rings. The van der Waals surface area contributed by atoms with Gasteiger partial charge in [0.2, 0.25) is 5.91 Å². The first kappa shape index (κ1) is 12.2. The van der Waals surface area contributed by atoms with Gasteiger partial charge in [-0.2, -0.15) is 0 Å². The maximum absolute atomic E-state index is 11.6. The van der Waals surface area contributed by atoms with E-state index in [1.54, 1.807) is 0 Å². The molecule has 5 heteroatoms. The number of hydrogen-bond acceptors (Lipinski definition) is 4. The average Bonchev–Trinajstić information content (AvgIpc) is 2.85. The van der Waals surface area contributed by atoms with Gasteiger partial charge in [-0.05, 0) is 37.8 Å². The first-order valence-corrected chi connectivity index (χ1v) is 7.30. The van der Waals surface area contributed by atoms with Crippen LogP contribution in [-0.2, 0) is 4.79 Å². The molecular weight excluding hydrogens is 254 g/mol. The summed E-state index contributed by atoms with van der Waals surface area (Å²) in [5.74, 6) is -0.130. The van der Waals surface area contributed by atoms with Gasteiger partial charge in [0.05, 0.1) is 6.10 Å². The summed E-state index contributed by atoms with van der Waals surface area (Å²) in [7, 11) is 0. The third kappa shape index (κ3) is 1.66. The molecule has 0 saturated carbocycles. The molecule has 4 rings (SSSR count). The average molecular weight is 273 g/mol. The number of piperidine rings is 1. The summed E-state index contributed by atoms with van der Waals surface area (Å²) in [5, 5.41) is 12.7. The van der Waals surface area contributed by atoms with Crippen LogP contribution < -0.4 is 16.0 Å². The largest absolute Gasteiger partial charge is 0.393 e. The smallest absolute Gasteiger partial charge is 0.245 e. The van der Waals surface area contributed by atoms with Crippen molar-refractivity contribution in [2.24, 2.45) is 5.73 Å². The molecule has 0 radical (unpaired) electrons. The molecule has 106 valence electrons. The second-order valence-electron chi connectivity index (χ2n) is 6.16. The van der Waals surface area contributed by atoms with Crippen LogP contribution in [0.4, 0.5) is 11.4 Å². The third-order valence-corrected chi connectivity index (χ3v) is 4.92. The molecule has 0 spiro atoms. The molecule has 4 N–H and O–H groups in total. The Hall–Kier alpha value is -1.59.